The summed E-state index contributed by atoms with van der Waals surface area (Å²) >= 11 is 0. The number of amides is 1. The molecule has 1 amide bonds. The lowest BCUT2D eigenvalue weighted by Gasteiger charge is -2.38. The van der Waals surface area contributed by atoms with Crippen LogP contribution in [0, 0.1) is 0 Å². The number of nitrogens with two attached hydrogens (primary N) is 1. The first-order chi connectivity index (χ1) is 16.9. The van der Waals surface area contributed by atoms with Crippen molar-refractivity contribution >= 4 is 22.8 Å². The summed E-state index contributed by atoms with van der Waals surface area (Å²) < 4.78 is 11.0. The fraction of sp³-hybridized carbons (Fsp3) is 0.542. The van der Waals surface area contributed by atoms with E-state index in [1.807, 2.05) is 13.0 Å². The number of aromatic amines is 1. The number of methoxy groups -OCH3 is 1. The van der Waals surface area contributed by atoms with Gasteiger partial charge in [-0.2, -0.15) is 15.1 Å². The monoisotopic (exact) mass is 480 g/mol. The van der Waals surface area contributed by atoms with Crippen LogP contribution in [0.4, 0.5) is 5.82 Å². The zero-order valence-corrected chi connectivity index (χ0v) is 20.2. The number of rotatable bonds is 8. The Balaban J connectivity index is 1.34. The van der Waals surface area contributed by atoms with Crippen LogP contribution in [-0.2, 0) is 4.74 Å². The van der Waals surface area contributed by atoms with Gasteiger partial charge in [0, 0.05) is 49.5 Å². The molecule has 0 aromatic carbocycles. The number of nitrogens with one attached hydrogen (secondary N) is 2. The molecule has 3 aromatic heterocycles. The van der Waals surface area contributed by atoms with E-state index in [1.54, 1.807) is 19.4 Å². The van der Waals surface area contributed by atoms with Crippen LogP contribution < -0.4 is 20.7 Å². The Morgan fingerprint density at radius 1 is 1.34 bits per heavy atom. The number of hydrogen-bond donors (Lipinski definition) is 3. The zero-order valence-electron chi connectivity index (χ0n) is 20.2. The van der Waals surface area contributed by atoms with E-state index in [0.717, 1.165) is 61.9 Å². The van der Waals surface area contributed by atoms with E-state index >= 15 is 0 Å². The van der Waals surface area contributed by atoms with Crippen molar-refractivity contribution in [2.45, 2.75) is 56.7 Å². The topological polar surface area (TPSA) is 144 Å². The van der Waals surface area contributed by atoms with Crippen molar-refractivity contribution in [1.82, 2.24) is 30.5 Å². The largest absolute Gasteiger partial charge is 0.458 e. The van der Waals surface area contributed by atoms with Crippen LogP contribution in [0.2, 0.25) is 0 Å². The maximum atomic E-state index is 13.0. The number of H-pyrrole nitrogens is 1. The predicted molar refractivity (Wildman–Crippen MR) is 130 cm³/mol. The summed E-state index contributed by atoms with van der Waals surface area (Å²) in [5.41, 5.74) is 7.69. The van der Waals surface area contributed by atoms with Crippen molar-refractivity contribution < 1.29 is 14.3 Å². The summed E-state index contributed by atoms with van der Waals surface area (Å²) in [7, 11) is 1.61. The highest BCUT2D eigenvalue weighted by molar-refractivity contribution is 5.93. The smallest absolute Gasteiger partial charge is 0.319 e. The van der Waals surface area contributed by atoms with Crippen LogP contribution in [0.15, 0.2) is 24.4 Å². The number of aromatic nitrogens is 5. The summed E-state index contributed by atoms with van der Waals surface area (Å²) in [5.74, 6) is 0.698. The fourth-order valence-electron chi connectivity index (χ4n) is 4.74. The minimum atomic E-state index is -0.660. The van der Waals surface area contributed by atoms with E-state index < -0.39 is 5.66 Å². The van der Waals surface area contributed by atoms with Gasteiger partial charge in [0.05, 0.1) is 12.3 Å². The molecule has 0 unspecified atom stereocenters. The number of carbonyl (C=O) groups is 1. The normalized spacial score (nSPS) is 18.8. The van der Waals surface area contributed by atoms with E-state index in [9.17, 15) is 4.79 Å². The van der Waals surface area contributed by atoms with E-state index in [4.69, 9.17) is 15.2 Å². The molecule has 3 aromatic rings. The summed E-state index contributed by atoms with van der Waals surface area (Å²) in [6, 6.07) is 5.87. The van der Waals surface area contributed by atoms with E-state index in [2.05, 4.69) is 41.4 Å². The van der Waals surface area contributed by atoms with E-state index in [-0.39, 0.29) is 23.7 Å². The molecule has 1 saturated carbocycles. The molecule has 1 saturated heterocycles. The first-order valence-corrected chi connectivity index (χ1v) is 12.1. The minimum Gasteiger partial charge on any atom is -0.458 e. The van der Waals surface area contributed by atoms with Crippen molar-refractivity contribution in [3.63, 3.8) is 0 Å². The summed E-state index contributed by atoms with van der Waals surface area (Å²) in [6.45, 7) is 3.81. The Hall–Kier alpha value is -3.31. The first kappa shape index (κ1) is 23.4. The number of fused-ring (bicyclic) bond motifs is 1. The lowest BCUT2D eigenvalue weighted by molar-refractivity contribution is 0.0804. The van der Waals surface area contributed by atoms with Crippen LogP contribution >= 0.6 is 0 Å². The second-order valence-corrected chi connectivity index (χ2v) is 9.51. The van der Waals surface area contributed by atoms with Gasteiger partial charge in [0.15, 0.2) is 5.65 Å². The van der Waals surface area contributed by atoms with Crippen LogP contribution in [0.3, 0.4) is 0 Å². The molecule has 0 bridgehead atoms. The van der Waals surface area contributed by atoms with Gasteiger partial charge in [-0.05, 0) is 51.2 Å². The molecule has 0 radical (unpaired) electrons. The van der Waals surface area contributed by atoms with Crippen LogP contribution in [0.5, 0.6) is 6.01 Å². The van der Waals surface area contributed by atoms with Gasteiger partial charge in [-0.25, -0.2) is 4.98 Å². The van der Waals surface area contributed by atoms with Gasteiger partial charge in [0.25, 0.3) is 5.91 Å². The highest BCUT2D eigenvalue weighted by Crippen LogP contribution is 2.33. The number of piperidine rings is 1. The molecule has 186 valence electrons. The highest BCUT2D eigenvalue weighted by Gasteiger charge is 2.35. The molecule has 35 heavy (non-hydrogen) atoms. The van der Waals surface area contributed by atoms with Crippen molar-refractivity contribution in [2.24, 2.45) is 5.73 Å². The number of ether oxygens (including phenoxy) is 2. The van der Waals surface area contributed by atoms with Crippen LogP contribution in [0.25, 0.3) is 11.0 Å². The Bertz CT molecular complexity index is 1190. The fourth-order valence-corrected chi connectivity index (χ4v) is 4.74. The van der Waals surface area contributed by atoms with Gasteiger partial charge >= 0.3 is 6.01 Å². The third-order valence-corrected chi connectivity index (χ3v) is 6.83. The van der Waals surface area contributed by atoms with Crippen molar-refractivity contribution in [3.8, 4) is 6.01 Å². The highest BCUT2D eigenvalue weighted by atomic mass is 16.5. The Morgan fingerprint density at radius 3 is 2.86 bits per heavy atom. The Labute approximate surface area is 203 Å². The van der Waals surface area contributed by atoms with E-state index in [0.29, 0.717) is 18.3 Å². The molecule has 2 aliphatic rings. The van der Waals surface area contributed by atoms with Gasteiger partial charge in [0.2, 0.25) is 0 Å². The van der Waals surface area contributed by atoms with Crippen LogP contribution in [-0.4, -0.2) is 69.6 Å². The SMILES string of the molecule is COC[C@@H](C)Oc1nc(C(=O)NC2(N)CCC2)cc(N2CCC(c3[nH]nc4ncccc34)CC2)n1. The molecule has 2 fully saturated rings. The van der Waals surface area contributed by atoms with Crippen molar-refractivity contribution in [1.29, 1.82) is 0 Å². The molecule has 11 nitrogen and oxygen atoms in total. The lowest BCUT2D eigenvalue weighted by atomic mass is 9.86. The molecule has 11 heteroatoms. The third kappa shape index (κ3) is 5.06. The Morgan fingerprint density at radius 2 is 2.14 bits per heavy atom. The number of carbonyl (C=O) groups excluding carboxylic acids is 1. The summed E-state index contributed by atoms with van der Waals surface area (Å²) in [4.78, 5) is 28.5. The number of anilines is 1. The van der Waals surface area contributed by atoms with Gasteiger partial charge in [-0.3, -0.25) is 9.89 Å². The molecular weight excluding hydrogens is 448 g/mol. The quantitative estimate of drug-likeness (QED) is 0.413. The number of nitrogens with zero attached hydrogens (tertiary/aromatic N) is 5. The molecule has 5 rings (SSSR count). The second kappa shape index (κ2) is 9.74. The first-order valence-electron chi connectivity index (χ1n) is 12.1. The van der Waals surface area contributed by atoms with E-state index in [1.165, 1.54) is 0 Å². The molecule has 1 aliphatic carbocycles. The standard InChI is InChI=1S/C24H32N8O3/c1-15(14-34-2)35-23-27-18(22(33)29-24(25)8-4-9-24)13-19(28-23)32-11-6-16(7-12-32)20-17-5-3-10-26-21(17)31-30-20/h3,5,10,13,15-16H,4,6-9,11-12,14,25H2,1-2H3,(H,29,33)(H,26,30,31)/t15-/m1/s1. The van der Waals surface area contributed by atoms with Gasteiger partial charge in [0.1, 0.15) is 17.6 Å². The third-order valence-electron chi connectivity index (χ3n) is 6.83. The van der Waals surface area contributed by atoms with Gasteiger partial charge < -0.3 is 25.4 Å². The van der Waals surface area contributed by atoms with Gasteiger partial charge in [-0.15, -0.1) is 0 Å². The molecule has 4 N–H and O–H groups in total. The summed E-state index contributed by atoms with van der Waals surface area (Å²) in [6.07, 6.45) is 5.85. The lowest BCUT2D eigenvalue weighted by Crippen LogP contribution is -2.60. The predicted octanol–water partition coefficient (Wildman–Crippen LogP) is 2.11. The average Bonchev–Trinajstić information content (AvgIpc) is 3.27. The zero-order chi connectivity index (χ0) is 24.4. The molecule has 1 aliphatic heterocycles. The van der Waals surface area contributed by atoms with Crippen molar-refractivity contribution in [3.05, 3.63) is 35.8 Å². The van der Waals surface area contributed by atoms with Crippen LogP contribution in [0.1, 0.15) is 61.1 Å². The maximum Gasteiger partial charge on any atom is 0.319 e. The molecule has 0 spiro atoms. The number of pyridine rings is 1. The Kier molecular flexibility index (Phi) is 6.52. The van der Waals surface area contributed by atoms with Gasteiger partial charge in [-0.1, -0.05) is 0 Å². The average molecular weight is 481 g/mol. The van der Waals surface area contributed by atoms with Crippen molar-refractivity contribution in [2.75, 3.05) is 31.7 Å². The minimum absolute atomic E-state index is 0.157. The maximum absolute atomic E-state index is 13.0. The number of hydrogen-bond acceptors (Lipinski definition) is 9. The second-order valence-electron chi connectivity index (χ2n) is 9.51. The summed E-state index contributed by atoms with van der Waals surface area (Å²) in [5, 5.41) is 11.5. The molecule has 1 atom stereocenters. The molecule has 4 heterocycles. The molecular formula is C24H32N8O3.